The molecule has 10 nitrogen and oxygen atoms in total. The highest BCUT2D eigenvalue weighted by molar-refractivity contribution is 7.92. The van der Waals surface area contributed by atoms with Crippen molar-refractivity contribution >= 4 is 33.3 Å². The highest BCUT2D eigenvalue weighted by Gasteiger charge is 2.35. The third-order valence-corrected chi connectivity index (χ3v) is 6.08. The van der Waals surface area contributed by atoms with E-state index in [-0.39, 0.29) is 24.0 Å². The van der Waals surface area contributed by atoms with E-state index in [1.807, 2.05) is 0 Å². The van der Waals surface area contributed by atoms with Gasteiger partial charge >= 0.3 is 6.18 Å². The quantitative estimate of drug-likeness (QED) is 0.417. The van der Waals surface area contributed by atoms with Gasteiger partial charge < -0.3 is 15.7 Å². The van der Waals surface area contributed by atoms with Crippen molar-refractivity contribution < 1.29 is 26.7 Å². The molecule has 0 bridgehead atoms. The summed E-state index contributed by atoms with van der Waals surface area (Å²) >= 11 is 0. The summed E-state index contributed by atoms with van der Waals surface area (Å²) in [5, 5.41) is 15.5. The van der Waals surface area contributed by atoms with E-state index in [2.05, 4.69) is 30.6 Å². The van der Waals surface area contributed by atoms with Gasteiger partial charge in [-0.15, -0.1) is 0 Å². The Balaban J connectivity index is 1.89. The fourth-order valence-corrected chi connectivity index (χ4v) is 3.41. The molecule has 0 saturated heterocycles. The lowest BCUT2D eigenvalue weighted by molar-refractivity contribution is -0.137. The Labute approximate surface area is 200 Å². The van der Waals surface area contributed by atoms with Gasteiger partial charge in [0.2, 0.25) is 16.0 Å². The molecule has 188 valence electrons. The van der Waals surface area contributed by atoms with Crippen LogP contribution in [0.3, 0.4) is 0 Å². The van der Waals surface area contributed by atoms with E-state index in [4.69, 9.17) is 0 Å². The van der Waals surface area contributed by atoms with E-state index in [0.717, 1.165) is 10.6 Å². The van der Waals surface area contributed by atoms with E-state index >= 15 is 0 Å². The number of rotatable bonds is 8. The van der Waals surface area contributed by atoms with Crippen molar-refractivity contribution in [1.29, 1.82) is 0 Å². The van der Waals surface area contributed by atoms with Crippen LogP contribution >= 0.6 is 0 Å². The lowest BCUT2D eigenvalue weighted by atomic mass is 9.98. The molecule has 3 N–H and O–H groups in total. The molecule has 3 rings (SSSR count). The van der Waals surface area contributed by atoms with Gasteiger partial charge in [-0.1, -0.05) is 12.1 Å². The van der Waals surface area contributed by atoms with E-state index in [1.165, 1.54) is 19.4 Å². The van der Waals surface area contributed by atoms with Crippen molar-refractivity contribution in [3.8, 4) is 0 Å². The lowest BCUT2D eigenvalue weighted by Gasteiger charge is -2.19. The molecule has 35 heavy (non-hydrogen) atoms. The number of halogens is 3. The summed E-state index contributed by atoms with van der Waals surface area (Å²) in [6.07, 6.45) is -0.562. The molecule has 14 heteroatoms. The number of hydrogen-bond donors (Lipinski definition) is 3. The number of anilines is 4. The van der Waals surface area contributed by atoms with E-state index in [1.54, 1.807) is 38.1 Å². The zero-order chi connectivity index (χ0) is 26.0. The molecular formula is C21H24F3N7O3S. The standard InChI is InChI=1S/C21H24F3N7O3S/c1-20(2,32)13-5-7-14(8-6-13)29-19-28-11-15(21(22,23)24)17(30-19)27-12-16-18(26-10-9-25-16)31(3)35(4,33)34/h5-11,32H,12H2,1-4H3,(H2,27,28,29,30). The highest BCUT2D eigenvalue weighted by atomic mass is 32.2. The fraction of sp³-hybridized carbons (Fsp3) is 0.333. The number of nitrogens with one attached hydrogen (secondary N) is 2. The Kier molecular flexibility index (Phi) is 7.17. The fourth-order valence-electron chi connectivity index (χ4n) is 2.95. The lowest BCUT2D eigenvalue weighted by Crippen LogP contribution is -2.27. The second kappa shape index (κ2) is 9.62. The summed E-state index contributed by atoms with van der Waals surface area (Å²) in [5.41, 5.74) is -0.913. The van der Waals surface area contributed by atoms with Gasteiger partial charge in [-0.3, -0.25) is 9.29 Å². The van der Waals surface area contributed by atoms with Gasteiger partial charge in [0.05, 0.1) is 18.4 Å². The monoisotopic (exact) mass is 511 g/mol. The van der Waals surface area contributed by atoms with E-state index < -0.39 is 33.2 Å². The number of benzene rings is 1. The Bertz CT molecular complexity index is 1290. The predicted molar refractivity (Wildman–Crippen MR) is 125 cm³/mol. The van der Waals surface area contributed by atoms with Crippen LogP contribution < -0.4 is 14.9 Å². The summed E-state index contributed by atoms with van der Waals surface area (Å²) in [6, 6.07) is 6.60. The maximum atomic E-state index is 13.6. The van der Waals surface area contributed by atoms with Crippen molar-refractivity contribution in [2.45, 2.75) is 32.2 Å². The van der Waals surface area contributed by atoms with Crippen LogP contribution in [0.1, 0.15) is 30.7 Å². The van der Waals surface area contributed by atoms with Crippen LogP contribution in [0.5, 0.6) is 0 Å². The molecule has 3 aromatic rings. The Hall–Kier alpha value is -3.52. The minimum atomic E-state index is -4.75. The molecule has 2 heterocycles. The first-order valence-corrected chi connectivity index (χ1v) is 12.0. The number of aromatic nitrogens is 4. The molecule has 0 radical (unpaired) electrons. The summed E-state index contributed by atoms with van der Waals surface area (Å²) in [4.78, 5) is 15.8. The summed E-state index contributed by atoms with van der Waals surface area (Å²) in [5.74, 6) is -0.666. The third-order valence-electron chi connectivity index (χ3n) is 4.91. The van der Waals surface area contributed by atoms with Crippen molar-refractivity contribution in [3.05, 3.63) is 59.7 Å². The number of nitrogens with zero attached hydrogens (tertiary/aromatic N) is 5. The van der Waals surface area contributed by atoms with Gasteiger partial charge in [0.25, 0.3) is 0 Å². The first-order chi connectivity index (χ1) is 16.2. The molecule has 0 aliphatic rings. The SMILES string of the molecule is CN(c1nccnc1CNc1nc(Nc2ccc(C(C)(C)O)cc2)ncc1C(F)(F)F)S(C)(=O)=O. The van der Waals surface area contributed by atoms with Crippen molar-refractivity contribution in [2.24, 2.45) is 0 Å². The van der Waals surface area contributed by atoms with Crippen LogP contribution in [0.15, 0.2) is 42.9 Å². The molecule has 0 amide bonds. The Morgan fingerprint density at radius 3 is 2.26 bits per heavy atom. The van der Waals surface area contributed by atoms with Crippen molar-refractivity contribution in [1.82, 2.24) is 19.9 Å². The van der Waals surface area contributed by atoms with Crippen LogP contribution in [-0.2, 0) is 28.3 Å². The normalized spacial score (nSPS) is 12.3. The molecule has 0 fully saturated rings. The van der Waals surface area contributed by atoms with Gasteiger partial charge in [0.15, 0.2) is 5.82 Å². The maximum Gasteiger partial charge on any atom is 0.421 e. The molecule has 0 unspecified atom stereocenters. The average molecular weight is 512 g/mol. The number of alkyl halides is 3. The predicted octanol–water partition coefficient (Wildman–Crippen LogP) is 3.26. The van der Waals surface area contributed by atoms with Gasteiger partial charge in [-0.2, -0.15) is 18.2 Å². The van der Waals surface area contributed by atoms with Crippen molar-refractivity contribution in [3.63, 3.8) is 0 Å². The zero-order valence-electron chi connectivity index (χ0n) is 19.3. The Morgan fingerprint density at radius 2 is 1.69 bits per heavy atom. The molecule has 0 atom stereocenters. The largest absolute Gasteiger partial charge is 0.421 e. The molecule has 0 aliphatic carbocycles. The average Bonchev–Trinajstić information content (AvgIpc) is 2.76. The number of sulfonamides is 1. The topological polar surface area (TPSA) is 133 Å². The summed E-state index contributed by atoms with van der Waals surface area (Å²) in [7, 11) is -2.41. The van der Waals surface area contributed by atoms with Gasteiger partial charge in [-0.05, 0) is 31.5 Å². The minimum absolute atomic E-state index is 0.0321. The number of aliphatic hydroxyl groups is 1. The molecule has 0 spiro atoms. The van der Waals surface area contributed by atoms with Gasteiger partial charge in [0, 0.05) is 31.3 Å². The first-order valence-electron chi connectivity index (χ1n) is 10.2. The second-order valence-electron chi connectivity index (χ2n) is 8.13. The van der Waals surface area contributed by atoms with Crippen LogP contribution in [0.4, 0.5) is 36.4 Å². The minimum Gasteiger partial charge on any atom is -0.386 e. The summed E-state index contributed by atoms with van der Waals surface area (Å²) in [6.45, 7) is 2.97. The molecule has 0 saturated carbocycles. The smallest absolute Gasteiger partial charge is 0.386 e. The molecule has 0 aliphatic heterocycles. The molecule has 1 aromatic carbocycles. The van der Waals surface area contributed by atoms with E-state index in [0.29, 0.717) is 17.4 Å². The van der Waals surface area contributed by atoms with Crippen LogP contribution in [-0.4, -0.2) is 46.8 Å². The van der Waals surface area contributed by atoms with Gasteiger partial charge in [-0.25, -0.2) is 18.4 Å². The highest BCUT2D eigenvalue weighted by Crippen LogP contribution is 2.34. The zero-order valence-corrected chi connectivity index (χ0v) is 20.1. The van der Waals surface area contributed by atoms with Gasteiger partial charge in [0.1, 0.15) is 17.1 Å². The molecular weight excluding hydrogens is 487 g/mol. The molecule has 2 aromatic heterocycles. The maximum absolute atomic E-state index is 13.6. The number of hydrogen-bond acceptors (Lipinski definition) is 9. The first kappa shape index (κ1) is 26.1. The van der Waals surface area contributed by atoms with E-state index in [9.17, 15) is 26.7 Å². The Morgan fingerprint density at radius 1 is 1.06 bits per heavy atom. The summed E-state index contributed by atoms with van der Waals surface area (Å²) < 4.78 is 65.4. The van der Waals surface area contributed by atoms with Crippen LogP contribution in [0.25, 0.3) is 0 Å². The van der Waals surface area contributed by atoms with Crippen molar-refractivity contribution in [2.75, 3.05) is 28.2 Å². The van der Waals surface area contributed by atoms with Crippen LogP contribution in [0, 0.1) is 0 Å². The second-order valence-corrected chi connectivity index (χ2v) is 10.1. The van der Waals surface area contributed by atoms with Crippen LogP contribution in [0.2, 0.25) is 0 Å². The third kappa shape index (κ3) is 6.54.